The van der Waals surface area contributed by atoms with Crippen LogP contribution in [-0.2, 0) is 16.0 Å². The van der Waals surface area contributed by atoms with Gasteiger partial charge in [-0.1, -0.05) is 17.2 Å². The molecule has 25 heavy (non-hydrogen) atoms. The van der Waals surface area contributed by atoms with Crippen LogP contribution in [0.2, 0.25) is 0 Å². The van der Waals surface area contributed by atoms with Crippen molar-refractivity contribution in [1.29, 1.82) is 0 Å². The van der Waals surface area contributed by atoms with E-state index in [0.717, 1.165) is 38.0 Å². The Kier molecular flexibility index (Phi) is 3.63. The van der Waals surface area contributed by atoms with Crippen LogP contribution < -0.4 is 4.74 Å². The lowest BCUT2D eigenvalue weighted by Crippen LogP contribution is -2.54. The lowest BCUT2D eigenvalue weighted by Gasteiger charge is -2.46. The molecule has 4 heteroatoms. The first kappa shape index (κ1) is 15.4. The highest BCUT2D eigenvalue weighted by Crippen LogP contribution is 2.46. The molecule has 1 saturated heterocycles. The normalized spacial score (nSPS) is 30.3. The Morgan fingerprint density at radius 3 is 2.80 bits per heavy atom. The molecule has 0 aromatic heterocycles. The van der Waals surface area contributed by atoms with E-state index in [1.165, 1.54) is 24.0 Å². The SMILES string of the molecule is COc1ccc2c(c1)CCC1C2OCCN1C(=O)C1CC(=C2CC2)C1. The first-order valence-corrected chi connectivity index (χ1v) is 9.53. The van der Waals surface area contributed by atoms with Crippen LogP contribution in [0.5, 0.6) is 5.75 Å². The lowest BCUT2D eigenvalue weighted by atomic mass is 9.77. The third-order valence-electron chi connectivity index (χ3n) is 6.36. The fourth-order valence-electron chi connectivity index (χ4n) is 4.75. The lowest BCUT2D eigenvalue weighted by molar-refractivity contribution is -0.153. The van der Waals surface area contributed by atoms with Crippen LogP contribution in [0.15, 0.2) is 29.3 Å². The standard InChI is InChI=1S/C21H25NO3/c1-24-17-5-6-18-14(12-17)4-7-19-20(18)25-9-8-22(19)21(23)16-10-15(11-16)13-2-3-13/h5-6,12,16,19-20H,2-4,7-11H2,1H3. The van der Waals surface area contributed by atoms with Crippen LogP contribution in [0.3, 0.4) is 0 Å². The Labute approximate surface area is 148 Å². The molecule has 132 valence electrons. The zero-order valence-corrected chi connectivity index (χ0v) is 14.8. The first-order chi connectivity index (χ1) is 12.2. The van der Waals surface area contributed by atoms with Gasteiger partial charge in [0, 0.05) is 12.5 Å². The van der Waals surface area contributed by atoms with E-state index in [0.29, 0.717) is 12.5 Å². The minimum atomic E-state index is 0.0219. The number of rotatable bonds is 2. The summed E-state index contributed by atoms with van der Waals surface area (Å²) in [5.41, 5.74) is 5.75. The molecule has 0 spiro atoms. The van der Waals surface area contributed by atoms with E-state index in [1.807, 2.05) is 6.07 Å². The number of ether oxygens (including phenoxy) is 2. The first-order valence-electron chi connectivity index (χ1n) is 9.53. The molecule has 3 fully saturated rings. The number of carbonyl (C=O) groups excluding carboxylic acids is 1. The molecule has 5 rings (SSSR count). The number of hydrogen-bond acceptors (Lipinski definition) is 3. The minimum absolute atomic E-state index is 0.0219. The number of allylic oxidation sites excluding steroid dienone is 2. The summed E-state index contributed by atoms with van der Waals surface area (Å²) in [6.07, 6.45) is 6.57. The molecule has 0 bridgehead atoms. The summed E-state index contributed by atoms with van der Waals surface area (Å²) in [7, 11) is 1.70. The monoisotopic (exact) mass is 339 g/mol. The molecule has 1 aliphatic heterocycles. The van der Waals surface area contributed by atoms with Crippen molar-refractivity contribution in [3.05, 3.63) is 40.5 Å². The van der Waals surface area contributed by atoms with E-state index in [-0.39, 0.29) is 18.1 Å². The number of nitrogens with zero attached hydrogens (tertiary/aromatic N) is 1. The average Bonchev–Trinajstić information content (AvgIpc) is 3.44. The van der Waals surface area contributed by atoms with Gasteiger partial charge in [-0.15, -0.1) is 0 Å². The van der Waals surface area contributed by atoms with E-state index in [1.54, 1.807) is 18.3 Å². The Morgan fingerprint density at radius 2 is 2.04 bits per heavy atom. The second kappa shape index (κ2) is 5.87. The third kappa shape index (κ3) is 2.58. The molecule has 1 aromatic carbocycles. The van der Waals surface area contributed by atoms with E-state index in [9.17, 15) is 4.79 Å². The van der Waals surface area contributed by atoms with Gasteiger partial charge >= 0.3 is 0 Å². The largest absolute Gasteiger partial charge is 0.497 e. The average molecular weight is 339 g/mol. The summed E-state index contributed by atoms with van der Waals surface area (Å²) in [4.78, 5) is 15.2. The van der Waals surface area contributed by atoms with E-state index in [4.69, 9.17) is 9.47 Å². The van der Waals surface area contributed by atoms with E-state index in [2.05, 4.69) is 17.0 Å². The molecule has 1 amide bonds. The molecule has 0 N–H and O–H groups in total. The van der Waals surface area contributed by atoms with Gasteiger partial charge in [0.25, 0.3) is 0 Å². The number of fused-ring (bicyclic) bond motifs is 3. The Hall–Kier alpha value is -1.81. The van der Waals surface area contributed by atoms with Crippen LogP contribution in [0, 0.1) is 5.92 Å². The molecule has 2 unspecified atom stereocenters. The highest BCUT2D eigenvalue weighted by Gasteiger charge is 2.43. The van der Waals surface area contributed by atoms with Crippen molar-refractivity contribution in [2.75, 3.05) is 20.3 Å². The fraction of sp³-hybridized carbons (Fsp3) is 0.571. The molecule has 4 nitrogen and oxygen atoms in total. The smallest absolute Gasteiger partial charge is 0.226 e. The van der Waals surface area contributed by atoms with Crippen LogP contribution in [0.25, 0.3) is 0 Å². The number of hydrogen-bond donors (Lipinski definition) is 0. The number of aryl methyl sites for hydroxylation is 1. The van der Waals surface area contributed by atoms with Crippen molar-refractivity contribution >= 4 is 5.91 Å². The van der Waals surface area contributed by atoms with Crippen molar-refractivity contribution in [2.24, 2.45) is 5.92 Å². The summed E-state index contributed by atoms with van der Waals surface area (Å²) >= 11 is 0. The molecule has 1 aromatic rings. The quantitative estimate of drug-likeness (QED) is 0.775. The molecule has 2 atom stereocenters. The van der Waals surface area contributed by atoms with Crippen molar-refractivity contribution < 1.29 is 14.3 Å². The van der Waals surface area contributed by atoms with Gasteiger partial charge in [-0.05, 0) is 61.8 Å². The van der Waals surface area contributed by atoms with E-state index >= 15 is 0 Å². The second-order valence-corrected chi connectivity index (χ2v) is 7.81. The molecule has 2 saturated carbocycles. The van der Waals surface area contributed by atoms with Gasteiger partial charge in [-0.3, -0.25) is 4.79 Å². The Balaban J connectivity index is 1.35. The summed E-state index contributed by atoms with van der Waals surface area (Å²) in [5.74, 6) is 1.48. The Bertz CT molecular complexity index is 740. The number of morpholine rings is 1. The molecule has 4 aliphatic rings. The zero-order valence-electron chi connectivity index (χ0n) is 14.8. The van der Waals surface area contributed by atoms with Gasteiger partial charge in [0.15, 0.2) is 0 Å². The van der Waals surface area contributed by atoms with Crippen LogP contribution in [0.1, 0.15) is 49.3 Å². The van der Waals surface area contributed by atoms with Crippen LogP contribution in [-0.4, -0.2) is 37.1 Å². The number of benzene rings is 1. The van der Waals surface area contributed by atoms with Crippen LogP contribution >= 0.6 is 0 Å². The molecule has 1 heterocycles. The molecular weight excluding hydrogens is 314 g/mol. The van der Waals surface area contributed by atoms with Gasteiger partial charge in [0.2, 0.25) is 5.91 Å². The predicted octanol–water partition coefficient (Wildman–Crippen LogP) is 3.41. The third-order valence-corrected chi connectivity index (χ3v) is 6.36. The zero-order chi connectivity index (χ0) is 17.0. The Morgan fingerprint density at radius 1 is 1.20 bits per heavy atom. The second-order valence-electron chi connectivity index (χ2n) is 7.81. The predicted molar refractivity (Wildman–Crippen MR) is 94.5 cm³/mol. The van der Waals surface area contributed by atoms with Crippen LogP contribution in [0.4, 0.5) is 0 Å². The van der Waals surface area contributed by atoms with Gasteiger partial charge in [0.05, 0.1) is 19.8 Å². The van der Waals surface area contributed by atoms with Gasteiger partial charge in [-0.25, -0.2) is 0 Å². The number of amides is 1. The number of carbonyl (C=O) groups is 1. The maximum atomic E-state index is 13.1. The van der Waals surface area contributed by atoms with Gasteiger partial charge in [0.1, 0.15) is 11.9 Å². The summed E-state index contributed by atoms with van der Waals surface area (Å²) < 4.78 is 11.5. The van der Waals surface area contributed by atoms with Gasteiger partial charge < -0.3 is 14.4 Å². The van der Waals surface area contributed by atoms with Crippen molar-refractivity contribution in [1.82, 2.24) is 4.90 Å². The highest BCUT2D eigenvalue weighted by atomic mass is 16.5. The van der Waals surface area contributed by atoms with E-state index < -0.39 is 0 Å². The summed E-state index contributed by atoms with van der Waals surface area (Å²) in [6, 6.07) is 6.44. The van der Waals surface area contributed by atoms with Crippen molar-refractivity contribution in [3.63, 3.8) is 0 Å². The fourth-order valence-corrected chi connectivity index (χ4v) is 4.75. The summed E-state index contributed by atoms with van der Waals surface area (Å²) in [5, 5.41) is 0. The van der Waals surface area contributed by atoms with Gasteiger partial charge in [-0.2, -0.15) is 0 Å². The molecule has 3 aliphatic carbocycles. The summed E-state index contributed by atoms with van der Waals surface area (Å²) in [6.45, 7) is 1.38. The van der Waals surface area contributed by atoms with Crippen molar-refractivity contribution in [2.45, 2.75) is 50.7 Å². The maximum Gasteiger partial charge on any atom is 0.226 e. The topological polar surface area (TPSA) is 38.8 Å². The minimum Gasteiger partial charge on any atom is -0.497 e. The number of methoxy groups -OCH3 is 1. The molecular formula is C21H25NO3. The maximum absolute atomic E-state index is 13.1. The highest BCUT2D eigenvalue weighted by molar-refractivity contribution is 5.81. The molecule has 0 radical (unpaired) electrons. The van der Waals surface area contributed by atoms with Crippen molar-refractivity contribution in [3.8, 4) is 5.75 Å².